The highest BCUT2D eigenvalue weighted by molar-refractivity contribution is 9.10. The topological polar surface area (TPSA) is 39.1 Å². The lowest BCUT2D eigenvalue weighted by Gasteiger charge is -2.37. The highest BCUT2D eigenvalue weighted by Crippen LogP contribution is 2.25. The van der Waals surface area contributed by atoms with Crippen LogP contribution in [-0.2, 0) is 0 Å². The predicted molar refractivity (Wildman–Crippen MR) is 73.1 cm³/mol. The van der Waals surface area contributed by atoms with E-state index in [1.807, 2.05) is 18.2 Å². The van der Waals surface area contributed by atoms with E-state index in [4.69, 9.17) is 5.26 Å². The quantitative estimate of drug-likeness (QED) is 0.865. The van der Waals surface area contributed by atoms with Gasteiger partial charge in [-0.25, -0.2) is 0 Å². The number of benzene rings is 1. The van der Waals surface area contributed by atoms with Gasteiger partial charge in [-0.15, -0.1) is 0 Å². The predicted octanol–water partition coefficient (Wildman–Crippen LogP) is 2.51. The minimum atomic E-state index is 0.494. The molecule has 0 bridgehead atoms. The van der Waals surface area contributed by atoms with Crippen molar-refractivity contribution in [3.63, 3.8) is 0 Å². The van der Waals surface area contributed by atoms with E-state index in [1.54, 1.807) is 0 Å². The van der Waals surface area contributed by atoms with E-state index in [2.05, 4.69) is 46.1 Å². The van der Waals surface area contributed by atoms with Crippen LogP contribution in [0.1, 0.15) is 19.4 Å². The van der Waals surface area contributed by atoms with Gasteiger partial charge < -0.3 is 10.2 Å². The molecule has 1 aromatic carbocycles. The molecule has 0 amide bonds. The van der Waals surface area contributed by atoms with Crippen LogP contribution < -0.4 is 10.2 Å². The number of piperazine rings is 1. The van der Waals surface area contributed by atoms with Crippen molar-refractivity contribution in [3.05, 3.63) is 28.2 Å². The van der Waals surface area contributed by atoms with Crippen LogP contribution in [0.5, 0.6) is 0 Å². The molecule has 0 radical (unpaired) electrons. The molecule has 2 atom stereocenters. The van der Waals surface area contributed by atoms with Gasteiger partial charge in [0, 0.05) is 35.3 Å². The summed E-state index contributed by atoms with van der Waals surface area (Å²) in [6.07, 6.45) is 0. The van der Waals surface area contributed by atoms with Crippen molar-refractivity contribution in [2.75, 3.05) is 18.0 Å². The first-order chi connectivity index (χ1) is 8.10. The van der Waals surface area contributed by atoms with Crippen LogP contribution in [0.3, 0.4) is 0 Å². The van der Waals surface area contributed by atoms with E-state index in [1.165, 1.54) is 5.69 Å². The van der Waals surface area contributed by atoms with Crippen molar-refractivity contribution in [3.8, 4) is 6.07 Å². The third-order valence-electron chi connectivity index (χ3n) is 3.00. The molecular weight excluding hydrogens is 278 g/mol. The van der Waals surface area contributed by atoms with E-state index in [0.29, 0.717) is 17.6 Å². The lowest BCUT2D eigenvalue weighted by Crippen LogP contribution is -2.54. The van der Waals surface area contributed by atoms with E-state index in [0.717, 1.165) is 17.6 Å². The van der Waals surface area contributed by atoms with E-state index in [-0.39, 0.29) is 0 Å². The van der Waals surface area contributed by atoms with Crippen LogP contribution in [0.4, 0.5) is 5.69 Å². The van der Waals surface area contributed by atoms with Crippen molar-refractivity contribution < 1.29 is 0 Å². The molecule has 1 aliphatic heterocycles. The third-order valence-corrected chi connectivity index (χ3v) is 3.65. The fraction of sp³-hybridized carbons (Fsp3) is 0.462. The zero-order valence-electron chi connectivity index (χ0n) is 10.1. The Balaban J connectivity index is 2.22. The Morgan fingerprint density at radius 2 is 2.00 bits per heavy atom. The molecule has 1 heterocycles. The number of hydrogen-bond acceptors (Lipinski definition) is 3. The second kappa shape index (κ2) is 5.07. The molecule has 1 aliphatic rings. The molecule has 0 aliphatic carbocycles. The number of hydrogen-bond donors (Lipinski definition) is 1. The van der Waals surface area contributed by atoms with E-state index >= 15 is 0 Å². The van der Waals surface area contributed by atoms with Gasteiger partial charge in [0.05, 0.1) is 5.56 Å². The van der Waals surface area contributed by atoms with Crippen LogP contribution in [0, 0.1) is 11.3 Å². The Bertz CT molecular complexity index is 442. The van der Waals surface area contributed by atoms with E-state index < -0.39 is 0 Å². The molecule has 1 saturated heterocycles. The lowest BCUT2D eigenvalue weighted by atomic mass is 10.1. The van der Waals surface area contributed by atoms with Crippen LogP contribution in [0.15, 0.2) is 22.7 Å². The highest BCUT2D eigenvalue weighted by atomic mass is 79.9. The van der Waals surface area contributed by atoms with Gasteiger partial charge in [-0.05, 0) is 48.0 Å². The Kier molecular flexibility index (Phi) is 3.70. The average Bonchev–Trinajstić information content (AvgIpc) is 2.27. The summed E-state index contributed by atoms with van der Waals surface area (Å²) in [5, 5.41) is 12.4. The van der Waals surface area contributed by atoms with Gasteiger partial charge in [-0.1, -0.05) is 0 Å². The summed E-state index contributed by atoms with van der Waals surface area (Å²) in [5.41, 5.74) is 1.86. The van der Waals surface area contributed by atoms with Crippen molar-refractivity contribution in [2.24, 2.45) is 0 Å². The summed E-state index contributed by atoms with van der Waals surface area (Å²) in [4.78, 5) is 2.36. The molecule has 1 aromatic rings. The maximum absolute atomic E-state index is 8.90. The van der Waals surface area contributed by atoms with Gasteiger partial charge in [-0.2, -0.15) is 5.26 Å². The van der Waals surface area contributed by atoms with Crippen LogP contribution in [0.25, 0.3) is 0 Å². The first-order valence-electron chi connectivity index (χ1n) is 5.81. The fourth-order valence-corrected chi connectivity index (χ4v) is 2.78. The van der Waals surface area contributed by atoms with Gasteiger partial charge in [0.15, 0.2) is 0 Å². The number of nitrogens with zero attached hydrogens (tertiary/aromatic N) is 2. The highest BCUT2D eigenvalue weighted by Gasteiger charge is 2.21. The van der Waals surface area contributed by atoms with Crippen LogP contribution in [0.2, 0.25) is 0 Å². The zero-order valence-corrected chi connectivity index (χ0v) is 11.7. The molecule has 2 unspecified atom stereocenters. The van der Waals surface area contributed by atoms with Gasteiger partial charge in [0.1, 0.15) is 6.07 Å². The second-order valence-electron chi connectivity index (χ2n) is 4.65. The van der Waals surface area contributed by atoms with Gasteiger partial charge >= 0.3 is 0 Å². The molecule has 1 fully saturated rings. The van der Waals surface area contributed by atoms with Crippen molar-refractivity contribution >= 4 is 21.6 Å². The molecule has 1 N–H and O–H groups in total. The minimum absolute atomic E-state index is 0.494. The second-order valence-corrected chi connectivity index (χ2v) is 5.50. The Morgan fingerprint density at radius 3 is 2.53 bits per heavy atom. The molecule has 0 saturated carbocycles. The number of nitriles is 1. The van der Waals surface area contributed by atoms with Gasteiger partial charge in [0.25, 0.3) is 0 Å². The zero-order chi connectivity index (χ0) is 12.4. The molecule has 90 valence electrons. The maximum Gasteiger partial charge on any atom is 0.100 e. The standard InChI is InChI=1S/C13H16BrN3/c1-9-7-17(8-10(2)16-9)12-4-3-11(6-15)13(14)5-12/h3-5,9-10,16H,7-8H2,1-2H3. The Hall–Kier alpha value is -1.05. The van der Waals surface area contributed by atoms with Gasteiger partial charge in [-0.3, -0.25) is 0 Å². The Morgan fingerprint density at radius 1 is 1.35 bits per heavy atom. The summed E-state index contributed by atoms with van der Waals surface area (Å²) in [5.74, 6) is 0. The molecular formula is C13H16BrN3. The van der Waals surface area contributed by atoms with Crippen molar-refractivity contribution in [1.29, 1.82) is 5.26 Å². The third kappa shape index (κ3) is 2.80. The number of nitrogens with one attached hydrogen (secondary N) is 1. The van der Waals surface area contributed by atoms with Crippen molar-refractivity contribution in [1.82, 2.24) is 5.32 Å². The SMILES string of the molecule is CC1CN(c2ccc(C#N)c(Br)c2)CC(C)N1. The number of anilines is 1. The van der Waals surface area contributed by atoms with Gasteiger partial charge in [0.2, 0.25) is 0 Å². The van der Waals surface area contributed by atoms with Crippen molar-refractivity contribution in [2.45, 2.75) is 25.9 Å². The monoisotopic (exact) mass is 293 g/mol. The summed E-state index contributed by atoms with van der Waals surface area (Å²) in [7, 11) is 0. The Labute approximate surface area is 111 Å². The summed E-state index contributed by atoms with van der Waals surface area (Å²) in [6, 6.07) is 9.08. The molecule has 0 aromatic heterocycles. The summed E-state index contributed by atoms with van der Waals surface area (Å²) in [6.45, 7) is 6.40. The first-order valence-corrected chi connectivity index (χ1v) is 6.60. The van der Waals surface area contributed by atoms with Crippen LogP contribution >= 0.6 is 15.9 Å². The van der Waals surface area contributed by atoms with E-state index in [9.17, 15) is 0 Å². The summed E-state index contributed by atoms with van der Waals surface area (Å²) < 4.78 is 0.872. The maximum atomic E-state index is 8.90. The minimum Gasteiger partial charge on any atom is -0.368 e. The molecule has 2 rings (SSSR count). The molecule has 17 heavy (non-hydrogen) atoms. The smallest absolute Gasteiger partial charge is 0.100 e. The average molecular weight is 294 g/mol. The lowest BCUT2D eigenvalue weighted by molar-refractivity contribution is 0.407. The molecule has 4 heteroatoms. The first kappa shape index (κ1) is 12.4. The molecule has 0 spiro atoms. The molecule has 3 nitrogen and oxygen atoms in total. The fourth-order valence-electron chi connectivity index (χ4n) is 2.33. The number of halogens is 1. The normalized spacial score (nSPS) is 24.5. The largest absolute Gasteiger partial charge is 0.368 e. The van der Waals surface area contributed by atoms with Crippen LogP contribution in [-0.4, -0.2) is 25.2 Å². The summed E-state index contributed by atoms with van der Waals surface area (Å²) >= 11 is 3.44. The number of rotatable bonds is 1.